The molecule has 4 heteroatoms. The van der Waals surface area contributed by atoms with Gasteiger partial charge in [0.15, 0.2) is 0 Å². The molecule has 0 saturated heterocycles. The normalized spacial score (nSPS) is 12.8. The average molecular weight is 310 g/mol. The Morgan fingerprint density at radius 3 is 2.87 bits per heavy atom. The van der Waals surface area contributed by atoms with Crippen LogP contribution < -0.4 is 5.32 Å². The third-order valence-corrected chi connectivity index (χ3v) is 4.53. The summed E-state index contributed by atoms with van der Waals surface area (Å²) in [6.07, 6.45) is 6.51. The van der Waals surface area contributed by atoms with E-state index in [1.165, 1.54) is 22.0 Å². The molecule has 122 valence electrons. The smallest absolute Gasteiger partial charge is 0.0638 e. The molecule has 0 unspecified atom stereocenters. The van der Waals surface area contributed by atoms with Gasteiger partial charge in [0, 0.05) is 48.0 Å². The summed E-state index contributed by atoms with van der Waals surface area (Å²) in [5.74, 6) is 0. The number of aryl methyl sites for hydroxylation is 3. The van der Waals surface area contributed by atoms with Gasteiger partial charge in [-0.1, -0.05) is 18.2 Å². The number of nitrogens with one attached hydrogen (secondary N) is 2. The number of hydrogen-bond donors (Lipinski definition) is 2. The molecule has 3 rings (SSSR count). The van der Waals surface area contributed by atoms with E-state index in [0.717, 1.165) is 31.6 Å². The van der Waals surface area contributed by atoms with Crippen molar-refractivity contribution >= 4 is 10.9 Å². The number of fused-ring (bicyclic) bond motifs is 1. The van der Waals surface area contributed by atoms with Gasteiger partial charge in [-0.2, -0.15) is 5.10 Å². The van der Waals surface area contributed by atoms with Crippen LogP contribution in [-0.4, -0.2) is 20.8 Å². The Morgan fingerprint density at radius 1 is 1.26 bits per heavy atom. The third-order valence-electron chi connectivity index (χ3n) is 4.53. The van der Waals surface area contributed by atoms with Gasteiger partial charge in [-0.25, -0.2) is 0 Å². The predicted molar refractivity (Wildman–Crippen MR) is 95.6 cm³/mol. The van der Waals surface area contributed by atoms with Gasteiger partial charge in [0.05, 0.1) is 5.69 Å². The largest absolute Gasteiger partial charge is 0.361 e. The maximum Gasteiger partial charge on any atom is 0.0638 e. The van der Waals surface area contributed by atoms with Crippen molar-refractivity contribution in [2.24, 2.45) is 0 Å². The van der Waals surface area contributed by atoms with Crippen LogP contribution in [-0.2, 0) is 19.5 Å². The molecular weight excluding hydrogens is 284 g/mol. The Bertz CT molecular complexity index is 769. The van der Waals surface area contributed by atoms with E-state index in [9.17, 15) is 0 Å². The first-order chi connectivity index (χ1) is 11.2. The highest BCUT2D eigenvalue weighted by atomic mass is 15.3. The van der Waals surface area contributed by atoms with Gasteiger partial charge in [0.2, 0.25) is 0 Å². The lowest BCUT2D eigenvalue weighted by Gasteiger charge is -2.13. The lowest BCUT2D eigenvalue weighted by Crippen LogP contribution is -2.26. The van der Waals surface area contributed by atoms with Crippen LogP contribution in [0.3, 0.4) is 0 Å². The van der Waals surface area contributed by atoms with Crippen LogP contribution >= 0.6 is 0 Å². The van der Waals surface area contributed by atoms with E-state index in [1.807, 2.05) is 4.68 Å². The van der Waals surface area contributed by atoms with Crippen LogP contribution in [0.25, 0.3) is 10.9 Å². The van der Waals surface area contributed by atoms with Crippen molar-refractivity contribution < 1.29 is 0 Å². The van der Waals surface area contributed by atoms with Gasteiger partial charge in [0.1, 0.15) is 0 Å². The molecular formula is C19H26N4. The zero-order valence-electron chi connectivity index (χ0n) is 14.3. The summed E-state index contributed by atoms with van der Waals surface area (Å²) >= 11 is 0. The topological polar surface area (TPSA) is 45.6 Å². The van der Waals surface area contributed by atoms with Crippen molar-refractivity contribution in [3.05, 3.63) is 53.5 Å². The fourth-order valence-electron chi connectivity index (χ4n) is 2.99. The molecule has 0 saturated carbocycles. The van der Waals surface area contributed by atoms with E-state index in [0.29, 0.717) is 6.04 Å². The summed E-state index contributed by atoms with van der Waals surface area (Å²) in [6.45, 7) is 8.28. The number of aromatic nitrogens is 3. The standard InChI is InChI=1S/C19H26N4/c1-4-23-13-17(15(3)22-23)12-20-14(2)9-10-16-11-21-19-8-6-5-7-18(16)19/h5-8,11,13-14,20-21H,4,9-10,12H2,1-3H3/t14-/m0/s1. The third kappa shape index (κ3) is 3.64. The molecule has 0 bridgehead atoms. The summed E-state index contributed by atoms with van der Waals surface area (Å²) in [5, 5.41) is 9.47. The van der Waals surface area contributed by atoms with Gasteiger partial charge in [-0.3, -0.25) is 4.68 Å². The van der Waals surface area contributed by atoms with E-state index in [1.54, 1.807) is 0 Å². The SMILES string of the molecule is CCn1cc(CN[C@@H](C)CCc2c[nH]c3ccccc23)c(C)n1. The van der Waals surface area contributed by atoms with Crippen LogP contribution in [0.4, 0.5) is 0 Å². The Hall–Kier alpha value is -2.07. The zero-order chi connectivity index (χ0) is 16.2. The van der Waals surface area contributed by atoms with Crippen LogP contribution in [0.2, 0.25) is 0 Å². The number of benzene rings is 1. The minimum absolute atomic E-state index is 0.480. The van der Waals surface area contributed by atoms with Crippen LogP contribution in [0.1, 0.15) is 37.1 Å². The molecule has 2 heterocycles. The van der Waals surface area contributed by atoms with Crippen molar-refractivity contribution in [3.63, 3.8) is 0 Å². The second-order valence-electron chi connectivity index (χ2n) is 6.28. The highest BCUT2D eigenvalue weighted by molar-refractivity contribution is 5.82. The summed E-state index contributed by atoms with van der Waals surface area (Å²) in [4.78, 5) is 3.35. The van der Waals surface area contributed by atoms with Crippen LogP contribution in [0, 0.1) is 6.92 Å². The molecule has 1 atom stereocenters. The van der Waals surface area contributed by atoms with E-state index in [4.69, 9.17) is 0 Å². The van der Waals surface area contributed by atoms with E-state index in [-0.39, 0.29) is 0 Å². The first-order valence-electron chi connectivity index (χ1n) is 8.48. The first kappa shape index (κ1) is 15.8. The predicted octanol–water partition coefficient (Wildman–Crippen LogP) is 3.80. The minimum Gasteiger partial charge on any atom is -0.361 e. The van der Waals surface area contributed by atoms with E-state index >= 15 is 0 Å². The molecule has 4 nitrogen and oxygen atoms in total. The second-order valence-corrected chi connectivity index (χ2v) is 6.28. The van der Waals surface area contributed by atoms with Crippen molar-refractivity contribution in [1.29, 1.82) is 0 Å². The Balaban J connectivity index is 1.53. The van der Waals surface area contributed by atoms with Gasteiger partial charge >= 0.3 is 0 Å². The van der Waals surface area contributed by atoms with Crippen molar-refractivity contribution in [1.82, 2.24) is 20.1 Å². The highest BCUT2D eigenvalue weighted by Crippen LogP contribution is 2.19. The number of hydrogen-bond acceptors (Lipinski definition) is 2. The Kier molecular flexibility index (Phi) is 4.82. The van der Waals surface area contributed by atoms with Crippen LogP contribution in [0.15, 0.2) is 36.7 Å². The van der Waals surface area contributed by atoms with E-state index < -0.39 is 0 Å². The average Bonchev–Trinajstić information content (AvgIpc) is 3.14. The fraction of sp³-hybridized carbons (Fsp3) is 0.421. The Labute approximate surface area is 137 Å². The summed E-state index contributed by atoms with van der Waals surface area (Å²) in [5.41, 5.74) is 5.06. The molecule has 0 radical (unpaired) electrons. The van der Waals surface area contributed by atoms with Crippen LogP contribution in [0.5, 0.6) is 0 Å². The maximum atomic E-state index is 4.50. The summed E-state index contributed by atoms with van der Waals surface area (Å²) in [6, 6.07) is 8.99. The van der Waals surface area contributed by atoms with Gasteiger partial charge in [-0.05, 0) is 45.2 Å². The number of H-pyrrole nitrogens is 1. The minimum atomic E-state index is 0.480. The molecule has 0 aliphatic carbocycles. The molecule has 0 fully saturated rings. The maximum absolute atomic E-state index is 4.50. The molecule has 2 N–H and O–H groups in total. The fourth-order valence-corrected chi connectivity index (χ4v) is 2.99. The lowest BCUT2D eigenvalue weighted by molar-refractivity contribution is 0.514. The molecule has 0 aliphatic heterocycles. The van der Waals surface area contributed by atoms with Crippen molar-refractivity contribution in [2.45, 2.75) is 52.7 Å². The molecule has 0 amide bonds. The number of rotatable bonds is 7. The van der Waals surface area contributed by atoms with Gasteiger partial charge in [0.25, 0.3) is 0 Å². The van der Waals surface area contributed by atoms with E-state index in [2.05, 4.69) is 72.8 Å². The zero-order valence-corrected chi connectivity index (χ0v) is 14.3. The number of nitrogens with zero attached hydrogens (tertiary/aromatic N) is 2. The molecule has 0 aliphatic rings. The number of para-hydroxylation sites is 1. The monoisotopic (exact) mass is 310 g/mol. The first-order valence-corrected chi connectivity index (χ1v) is 8.48. The molecule has 23 heavy (non-hydrogen) atoms. The highest BCUT2D eigenvalue weighted by Gasteiger charge is 2.08. The molecule has 1 aromatic carbocycles. The molecule has 2 aromatic heterocycles. The van der Waals surface area contributed by atoms with Gasteiger partial charge < -0.3 is 10.3 Å². The van der Waals surface area contributed by atoms with Crippen molar-refractivity contribution in [3.8, 4) is 0 Å². The summed E-state index contributed by atoms with van der Waals surface area (Å²) < 4.78 is 2.00. The quantitative estimate of drug-likeness (QED) is 0.697. The second kappa shape index (κ2) is 7.01. The molecule has 3 aromatic rings. The van der Waals surface area contributed by atoms with Gasteiger partial charge in [-0.15, -0.1) is 0 Å². The molecule has 0 spiro atoms. The van der Waals surface area contributed by atoms with Crippen molar-refractivity contribution in [2.75, 3.05) is 0 Å². The Morgan fingerprint density at radius 2 is 2.09 bits per heavy atom. The number of aromatic amines is 1. The summed E-state index contributed by atoms with van der Waals surface area (Å²) in [7, 11) is 0. The lowest BCUT2D eigenvalue weighted by atomic mass is 10.1.